The van der Waals surface area contributed by atoms with E-state index in [1.165, 1.54) is 12.1 Å². The number of benzene rings is 1. The predicted molar refractivity (Wildman–Crippen MR) is 69.6 cm³/mol. The molecule has 1 saturated heterocycles. The first-order valence-electron chi connectivity index (χ1n) is 5.56. The van der Waals surface area contributed by atoms with E-state index in [-0.39, 0.29) is 24.1 Å². The van der Waals surface area contributed by atoms with Crippen molar-refractivity contribution in [2.45, 2.75) is 13.0 Å². The second-order valence-electron chi connectivity index (χ2n) is 4.01. The van der Waals surface area contributed by atoms with E-state index in [4.69, 9.17) is 4.74 Å². The van der Waals surface area contributed by atoms with Crippen LogP contribution in [0.15, 0.2) is 18.2 Å². The van der Waals surface area contributed by atoms with Crippen LogP contribution in [-0.4, -0.2) is 31.7 Å². The second kappa shape index (κ2) is 6.68. The molecule has 1 aliphatic rings. The minimum atomic E-state index is -0.508. The number of rotatable bonds is 2. The average Bonchev–Trinajstić information content (AvgIpc) is 2.35. The van der Waals surface area contributed by atoms with Gasteiger partial charge >= 0.3 is 0 Å². The molecule has 6 heteroatoms. The molecule has 0 saturated carbocycles. The van der Waals surface area contributed by atoms with Crippen LogP contribution in [0.4, 0.5) is 10.1 Å². The minimum Gasteiger partial charge on any atom is -0.366 e. The predicted octanol–water partition coefficient (Wildman–Crippen LogP) is 1.48. The van der Waals surface area contributed by atoms with Crippen molar-refractivity contribution >= 4 is 24.0 Å². The van der Waals surface area contributed by atoms with Crippen LogP contribution in [0, 0.1) is 12.7 Å². The first kappa shape index (κ1) is 14.9. The van der Waals surface area contributed by atoms with Gasteiger partial charge < -0.3 is 15.4 Å². The summed E-state index contributed by atoms with van der Waals surface area (Å²) >= 11 is 0. The molecule has 1 fully saturated rings. The molecule has 1 atom stereocenters. The number of amides is 1. The summed E-state index contributed by atoms with van der Waals surface area (Å²) in [7, 11) is 0. The number of nitrogens with one attached hydrogen (secondary N) is 2. The normalized spacial score (nSPS) is 18.9. The quantitative estimate of drug-likeness (QED) is 0.859. The minimum absolute atomic E-state index is 0. The Labute approximate surface area is 111 Å². The number of aryl methyl sites for hydroxylation is 1. The van der Waals surface area contributed by atoms with E-state index in [0.29, 0.717) is 18.8 Å². The van der Waals surface area contributed by atoms with Gasteiger partial charge in [0.05, 0.1) is 6.61 Å². The highest BCUT2D eigenvalue weighted by molar-refractivity contribution is 5.95. The summed E-state index contributed by atoms with van der Waals surface area (Å²) in [6.07, 6.45) is -0.508. The summed E-state index contributed by atoms with van der Waals surface area (Å²) in [6, 6.07) is 4.30. The lowest BCUT2D eigenvalue weighted by molar-refractivity contribution is -0.128. The molecule has 4 nitrogen and oxygen atoms in total. The summed E-state index contributed by atoms with van der Waals surface area (Å²) < 4.78 is 18.4. The maximum Gasteiger partial charge on any atom is 0.254 e. The number of hydrogen-bond acceptors (Lipinski definition) is 3. The Hall–Kier alpha value is -1.17. The van der Waals surface area contributed by atoms with Crippen LogP contribution in [0.1, 0.15) is 5.56 Å². The Kier molecular flexibility index (Phi) is 5.53. The van der Waals surface area contributed by atoms with Crippen molar-refractivity contribution in [3.63, 3.8) is 0 Å². The number of anilines is 1. The number of hydrogen-bond donors (Lipinski definition) is 2. The molecule has 0 aliphatic carbocycles. The molecule has 2 rings (SSSR count). The van der Waals surface area contributed by atoms with Crippen LogP contribution in [0.5, 0.6) is 0 Å². The van der Waals surface area contributed by atoms with Crippen LogP contribution in [-0.2, 0) is 9.53 Å². The lowest BCUT2D eigenvalue weighted by atomic mass is 10.2. The second-order valence-corrected chi connectivity index (χ2v) is 4.01. The zero-order valence-corrected chi connectivity index (χ0v) is 10.8. The van der Waals surface area contributed by atoms with Gasteiger partial charge in [-0.05, 0) is 24.6 Å². The van der Waals surface area contributed by atoms with Gasteiger partial charge in [0.2, 0.25) is 0 Å². The Morgan fingerprint density at radius 2 is 2.33 bits per heavy atom. The number of carbonyl (C=O) groups is 1. The number of morpholine rings is 1. The molecule has 100 valence electrons. The molecule has 0 aromatic heterocycles. The molecule has 1 unspecified atom stereocenters. The smallest absolute Gasteiger partial charge is 0.254 e. The average molecular weight is 275 g/mol. The van der Waals surface area contributed by atoms with Gasteiger partial charge in [0.15, 0.2) is 0 Å². The Bertz CT molecular complexity index is 423. The molecule has 18 heavy (non-hydrogen) atoms. The van der Waals surface area contributed by atoms with Crippen molar-refractivity contribution in [2.75, 3.05) is 25.0 Å². The topological polar surface area (TPSA) is 50.4 Å². The van der Waals surface area contributed by atoms with Gasteiger partial charge in [-0.1, -0.05) is 6.07 Å². The number of carbonyl (C=O) groups excluding carboxylic acids is 1. The monoisotopic (exact) mass is 274 g/mol. The number of ether oxygens (including phenoxy) is 1. The third kappa shape index (κ3) is 3.66. The van der Waals surface area contributed by atoms with E-state index in [2.05, 4.69) is 10.6 Å². The molecular formula is C12H16ClFN2O2. The maximum absolute atomic E-state index is 13.0. The van der Waals surface area contributed by atoms with Crippen molar-refractivity contribution in [1.82, 2.24) is 5.32 Å². The summed E-state index contributed by atoms with van der Waals surface area (Å²) in [5.41, 5.74) is 1.31. The van der Waals surface area contributed by atoms with Crippen LogP contribution in [0.25, 0.3) is 0 Å². The largest absolute Gasteiger partial charge is 0.366 e. The molecule has 1 amide bonds. The third-order valence-electron chi connectivity index (χ3n) is 2.68. The fraction of sp³-hybridized carbons (Fsp3) is 0.417. The van der Waals surface area contributed by atoms with Gasteiger partial charge in [-0.3, -0.25) is 4.79 Å². The van der Waals surface area contributed by atoms with E-state index < -0.39 is 6.10 Å². The van der Waals surface area contributed by atoms with Crippen molar-refractivity contribution < 1.29 is 13.9 Å². The number of halogens is 2. The highest BCUT2D eigenvalue weighted by atomic mass is 35.5. The van der Waals surface area contributed by atoms with Gasteiger partial charge in [-0.2, -0.15) is 0 Å². The highest BCUT2D eigenvalue weighted by Gasteiger charge is 2.22. The van der Waals surface area contributed by atoms with Crippen molar-refractivity contribution in [3.8, 4) is 0 Å². The van der Waals surface area contributed by atoms with E-state index >= 15 is 0 Å². The van der Waals surface area contributed by atoms with Gasteiger partial charge in [0.25, 0.3) is 5.91 Å². The van der Waals surface area contributed by atoms with Crippen LogP contribution in [0.2, 0.25) is 0 Å². The molecule has 0 radical (unpaired) electrons. The fourth-order valence-electron chi connectivity index (χ4n) is 1.68. The molecule has 0 bridgehead atoms. The van der Waals surface area contributed by atoms with E-state index in [9.17, 15) is 9.18 Å². The molecule has 2 N–H and O–H groups in total. The zero-order chi connectivity index (χ0) is 12.3. The molecular weight excluding hydrogens is 259 g/mol. The van der Waals surface area contributed by atoms with E-state index in [0.717, 1.165) is 12.1 Å². The van der Waals surface area contributed by atoms with E-state index in [1.807, 2.05) is 6.92 Å². The fourth-order valence-corrected chi connectivity index (χ4v) is 1.68. The van der Waals surface area contributed by atoms with Gasteiger partial charge in [-0.15, -0.1) is 12.4 Å². The Morgan fingerprint density at radius 1 is 1.56 bits per heavy atom. The molecule has 1 aromatic carbocycles. The maximum atomic E-state index is 13.0. The zero-order valence-electron chi connectivity index (χ0n) is 10.0. The molecule has 1 aromatic rings. The Balaban J connectivity index is 0.00000162. The highest BCUT2D eigenvalue weighted by Crippen LogP contribution is 2.16. The van der Waals surface area contributed by atoms with Crippen molar-refractivity contribution in [1.29, 1.82) is 0 Å². The summed E-state index contributed by atoms with van der Waals surface area (Å²) in [5.74, 6) is -0.612. The van der Waals surface area contributed by atoms with Crippen LogP contribution >= 0.6 is 12.4 Å². The lowest BCUT2D eigenvalue weighted by Crippen LogP contribution is -2.45. The van der Waals surface area contributed by atoms with Crippen molar-refractivity contribution in [3.05, 3.63) is 29.6 Å². The lowest BCUT2D eigenvalue weighted by Gasteiger charge is -2.23. The van der Waals surface area contributed by atoms with E-state index in [1.54, 1.807) is 6.07 Å². The first-order chi connectivity index (χ1) is 8.16. The van der Waals surface area contributed by atoms with Gasteiger partial charge in [-0.25, -0.2) is 4.39 Å². The van der Waals surface area contributed by atoms with Gasteiger partial charge in [0.1, 0.15) is 11.9 Å². The van der Waals surface area contributed by atoms with Gasteiger partial charge in [0, 0.05) is 18.8 Å². The molecule has 1 aliphatic heterocycles. The molecule has 0 spiro atoms. The standard InChI is InChI=1S/C12H15FN2O2.ClH/c1-8-2-3-9(13)6-10(8)15-12(16)11-7-14-4-5-17-11;/h2-3,6,11,14H,4-5,7H2,1H3,(H,15,16);1H. The SMILES string of the molecule is Cc1ccc(F)cc1NC(=O)C1CNCCO1.Cl. The Morgan fingerprint density at radius 3 is 3.00 bits per heavy atom. The first-order valence-corrected chi connectivity index (χ1v) is 5.56. The third-order valence-corrected chi connectivity index (χ3v) is 2.68. The van der Waals surface area contributed by atoms with Crippen LogP contribution < -0.4 is 10.6 Å². The molecule has 1 heterocycles. The summed E-state index contributed by atoms with van der Waals surface area (Å²) in [5, 5.41) is 5.74. The summed E-state index contributed by atoms with van der Waals surface area (Å²) in [6.45, 7) is 3.57. The van der Waals surface area contributed by atoms with Crippen LogP contribution in [0.3, 0.4) is 0 Å². The summed E-state index contributed by atoms with van der Waals surface area (Å²) in [4.78, 5) is 11.8. The van der Waals surface area contributed by atoms with Crippen molar-refractivity contribution in [2.24, 2.45) is 0 Å².